The van der Waals surface area contributed by atoms with E-state index in [-0.39, 0.29) is 11.7 Å². The van der Waals surface area contributed by atoms with Crippen molar-refractivity contribution in [3.05, 3.63) is 29.6 Å². The lowest BCUT2D eigenvalue weighted by molar-refractivity contribution is -0.120. The van der Waals surface area contributed by atoms with Crippen LogP contribution in [0.5, 0.6) is 0 Å². The van der Waals surface area contributed by atoms with Crippen molar-refractivity contribution in [3.8, 4) is 0 Å². The second-order valence-corrected chi connectivity index (χ2v) is 5.30. The van der Waals surface area contributed by atoms with E-state index in [0.717, 1.165) is 4.90 Å². The predicted molar refractivity (Wildman–Crippen MR) is 72.3 cm³/mol. The summed E-state index contributed by atoms with van der Waals surface area (Å²) in [6, 6.07) is 3.68. The van der Waals surface area contributed by atoms with Crippen molar-refractivity contribution >= 4 is 5.69 Å². The molecule has 0 saturated carbocycles. The molecule has 20 heavy (non-hydrogen) atoms. The Morgan fingerprint density at radius 2 is 1.80 bits per heavy atom. The Labute approximate surface area is 116 Å². The topological polar surface area (TPSA) is 29.3 Å². The summed E-state index contributed by atoms with van der Waals surface area (Å²) in [6.07, 6.45) is -3.89. The fourth-order valence-corrected chi connectivity index (χ4v) is 2.02. The summed E-state index contributed by atoms with van der Waals surface area (Å²) >= 11 is 0. The van der Waals surface area contributed by atoms with Gasteiger partial charge in [-0.3, -0.25) is 0 Å². The van der Waals surface area contributed by atoms with E-state index < -0.39 is 24.6 Å². The quantitative estimate of drug-likeness (QED) is 0.842. The van der Waals surface area contributed by atoms with Crippen molar-refractivity contribution in [2.45, 2.75) is 45.5 Å². The van der Waals surface area contributed by atoms with Crippen LogP contribution in [0.4, 0.5) is 23.2 Å². The summed E-state index contributed by atoms with van der Waals surface area (Å²) < 4.78 is 51.7. The Bertz CT molecular complexity index is 441. The Hall–Kier alpha value is -1.30. The summed E-state index contributed by atoms with van der Waals surface area (Å²) in [5.74, 6) is -0.652. The molecular formula is C14H20F4N2. The van der Waals surface area contributed by atoms with Crippen LogP contribution in [0, 0.1) is 5.82 Å². The molecule has 1 aromatic rings. The van der Waals surface area contributed by atoms with Crippen LogP contribution in [-0.4, -0.2) is 24.8 Å². The van der Waals surface area contributed by atoms with Gasteiger partial charge in [-0.25, -0.2) is 4.39 Å². The highest BCUT2D eigenvalue weighted by atomic mass is 19.4. The Balaban J connectivity index is 3.03. The number of nitrogens with two attached hydrogens (primary N) is 1. The zero-order valence-electron chi connectivity index (χ0n) is 11.8. The third-order valence-corrected chi connectivity index (χ3v) is 2.85. The average Bonchev–Trinajstić information content (AvgIpc) is 2.24. The molecule has 1 aromatic carbocycles. The number of nitrogens with zero attached hydrogens (tertiary/aromatic N) is 1. The first-order chi connectivity index (χ1) is 9.10. The van der Waals surface area contributed by atoms with E-state index in [1.165, 1.54) is 12.1 Å². The molecule has 6 heteroatoms. The SMILES string of the molecule is CC(N)Cc1ccc(N(CC(F)(F)F)C(C)C)c(F)c1. The molecule has 0 aromatic heterocycles. The maximum atomic E-state index is 14.0. The molecule has 0 aliphatic rings. The Morgan fingerprint density at radius 3 is 2.20 bits per heavy atom. The van der Waals surface area contributed by atoms with Gasteiger partial charge >= 0.3 is 6.18 Å². The maximum absolute atomic E-state index is 14.0. The third kappa shape index (κ3) is 5.00. The third-order valence-electron chi connectivity index (χ3n) is 2.85. The molecule has 2 nitrogen and oxygen atoms in total. The lowest BCUT2D eigenvalue weighted by Crippen LogP contribution is -2.39. The molecular weight excluding hydrogens is 272 g/mol. The van der Waals surface area contributed by atoms with E-state index in [1.807, 2.05) is 0 Å². The van der Waals surface area contributed by atoms with E-state index in [0.29, 0.717) is 12.0 Å². The minimum atomic E-state index is -4.37. The standard InChI is InChI=1S/C14H20F4N2/c1-9(2)20(8-14(16,17)18)13-5-4-11(6-10(3)19)7-12(13)15/h4-5,7,9-10H,6,8,19H2,1-3H3. The molecule has 0 heterocycles. The molecule has 0 aliphatic carbocycles. The molecule has 0 bridgehead atoms. The van der Waals surface area contributed by atoms with Crippen LogP contribution < -0.4 is 10.6 Å². The number of alkyl halides is 3. The fraction of sp³-hybridized carbons (Fsp3) is 0.571. The van der Waals surface area contributed by atoms with Gasteiger partial charge in [-0.15, -0.1) is 0 Å². The van der Waals surface area contributed by atoms with Gasteiger partial charge in [0.2, 0.25) is 0 Å². The van der Waals surface area contributed by atoms with Crippen LogP contribution >= 0.6 is 0 Å². The molecule has 0 radical (unpaired) electrons. The first-order valence-corrected chi connectivity index (χ1v) is 6.47. The highest BCUT2D eigenvalue weighted by molar-refractivity contribution is 5.50. The van der Waals surface area contributed by atoms with Gasteiger partial charge in [0.25, 0.3) is 0 Å². The van der Waals surface area contributed by atoms with Crippen molar-refractivity contribution < 1.29 is 17.6 Å². The maximum Gasteiger partial charge on any atom is 0.405 e. The minimum Gasteiger partial charge on any atom is -0.358 e. The number of rotatable bonds is 5. The first kappa shape index (κ1) is 16.8. The number of benzene rings is 1. The molecule has 0 amide bonds. The van der Waals surface area contributed by atoms with Crippen LogP contribution in [0.3, 0.4) is 0 Å². The monoisotopic (exact) mass is 292 g/mol. The van der Waals surface area contributed by atoms with Crippen molar-refractivity contribution in [1.82, 2.24) is 0 Å². The van der Waals surface area contributed by atoms with E-state index in [1.54, 1.807) is 26.8 Å². The summed E-state index contributed by atoms with van der Waals surface area (Å²) in [6.45, 7) is 3.81. The van der Waals surface area contributed by atoms with Gasteiger partial charge in [-0.1, -0.05) is 6.07 Å². The smallest absolute Gasteiger partial charge is 0.358 e. The van der Waals surface area contributed by atoms with E-state index in [9.17, 15) is 17.6 Å². The zero-order chi connectivity index (χ0) is 15.5. The second kappa shape index (κ2) is 6.43. The highest BCUT2D eigenvalue weighted by Gasteiger charge is 2.33. The number of hydrogen-bond acceptors (Lipinski definition) is 2. The molecule has 1 unspecified atom stereocenters. The minimum absolute atomic E-state index is 0.0363. The van der Waals surface area contributed by atoms with Gasteiger partial charge in [-0.05, 0) is 44.9 Å². The Kier molecular flexibility index (Phi) is 5.39. The summed E-state index contributed by atoms with van der Waals surface area (Å²) in [4.78, 5) is 1.00. The molecule has 2 N–H and O–H groups in total. The van der Waals surface area contributed by atoms with Gasteiger partial charge in [0.1, 0.15) is 12.4 Å². The van der Waals surface area contributed by atoms with Crippen LogP contribution in [0.2, 0.25) is 0 Å². The Morgan fingerprint density at radius 1 is 1.20 bits per heavy atom. The van der Waals surface area contributed by atoms with Gasteiger partial charge in [0.05, 0.1) is 5.69 Å². The summed E-state index contributed by atoms with van der Waals surface area (Å²) in [7, 11) is 0. The van der Waals surface area contributed by atoms with E-state index >= 15 is 0 Å². The van der Waals surface area contributed by atoms with Crippen molar-refractivity contribution in [2.24, 2.45) is 5.73 Å². The fourth-order valence-electron chi connectivity index (χ4n) is 2.02. The summed E-state index contributed by atoms with van der Waals surface area (Å²) in [5, 5.41) is 0. The van der Waals surface area contributed by atoms with Crippen LogP contribution in [0.15, 0.2) is 18.2 Å². The van der Waals surface area contributed by atoms with Gasteiger partial charge in [0, 0.05) is 12.1 Å². The van der Waals surface area contributed by atoms with Crippen LogP contribution in [0.1, 0.15) is 26.3 Å². The first-order valence-electron chi connectivity index (χ1n) is 6.47. The number of halogens is 4. The molecule has 0 aliphatic heterocycles. The molecule has 0 spiro atoms. The largest absolute Gasteiger partial charge is 0.405 e. The van der Waals surface area contributed by atoms with E-state index in [4.69, 9.17) is 5.73 Å². The van der Waals surface area contributed by atoms with Crippen molar-refractivity contribution in [2.75, 3.05) is 11.4 Å². The molecule has 114 valence electrons. The molecule has 0 fully saturated rings. The van der Waals surface area contributed by atoms with E-state index in [2.05, 4.69) is 0 Å². The molecule has 1 rings (SSSR count). The second-order valence-electron chi connectivity index (χ2n) is 5.30. The van der Waals surface area contributed by atoms with Crippen LogP contribution in [-0.2, 0) is 6.42 Å². The van der Waals surface area contributed by atoms with Crippen LogP contribution in [0.25, 0.3) is 0 Å². The molecule has 1 atom stereocenters. The zero-order valence-corrected chi connectivity index (χ0v) is 11.8. The average molecular weight is 292 g/mol. The predicted octanol–water partition coefficient (Wildman–Crippen LogP) is 3.49. The normalized spacial score (nSPS) is 13.7. The number of hydrogen-bond donors (Lipinski definition) is 1. The van der Waals surface area contributed by atoms with Crippen molar-refractivity contribution in [3.63, 3.8) is 0 Å². The lowest BCUT2D eigenvalue weighted by atomic mass is 10.1. The summed E-state index contributed by atoms with van der Waals surface area (Å²) in [5.41, 5.74) is 6.26. The van der Waals surface area contributed by atoms with Gasteiger partial charge in [0.15, 0.2) is 0 Å². The molecule has 0 saturated heterocycles. The van der Waals surface area contributed by atoms with Crippen molar-refractivity contribution in [1.29, 1.82) is 0 Å². The van der Waals surface area contributed by atoms with Gasteiger partial charge in [-0.2, -0.15) is 13.2 Å². The lowest BCUT2D eigenvalue weighted by Gasteiger charge is -2.30. The highest BCUT2D eigenvalue weighted by Crippen LogP contribution is 2.27. The van der Waals surface area contributed by atoms with Gasteiger partial charge < -0.3 is 10.6 Å². The number of anilines is 1.